The van der Waals surface area contributed by atoms with Gasteiger partial charge in [0.25, 0.3) is 5.91 Å². The molecule has 1 saturated heterocycles. The Hall–Kier alpha value is -2.45. The molecule has 6 nitrogen and oxygen atoms in total. The zero-order chi connectivity index (χ0) is 17.8. The van der Waals surface area contributed by atoms with E-state index in [9.17, 15) is 9.59 Å². The SMILES string of the molecule is Cc1cc(NC(=O)CCN2C(=O)/C(=C/c3ccccc3)SC2=S)no1. The third-order valence-electron chi connectivity index (χ3n) is 3.43. The van der Waals surface area contributed by atoms with Gasteiger partial charge < -0.3 is 9.84 Å². The van der Waals surface area contributed by atoms with Gasteiger partial charge in [0.1, 0.15) is 10.1 Å². The molecule has 2 aromatic rings. The van der Waals surface area contributed by atoms with Gasteiger partial charge in [-0.1, -0.05) is 59.5 Å². The Morgan fingerprint density at radius 2 is 2.16 bits per heavy atom. The summed E-state index contributed by atoms with van der Waals surface area (Å²) in [6.45, 7) is 1.96. The van der Waals surface area contributed by atoms with Crippen molar-refractivity contribution in [2.75, 3.05) is 11.9 Å². The Balaban J connectivity index is 1.59. The first-order chi connectivity index (χ1) is 12.0. The number of amides is 2. The number of nitrogens with one attached hydrogen (secondary N) is 1. The molecule has 0 unspecified atom stereocenters. The Bertz CT molecular complexity index is 846. The smallest absolute Gasteiger partial charge is 0.266 e. The molecule has 1 aliphatic rings. The van der Waals surface area contributed by atoms with Gasteiger partial charge in [-0.25, -0.2) is 0 Å². The first kappa shape index (κ1) is 17.4. The van der Waals surface area contributed by atoms with Crippen molar-refractivity contribution < 1.29 is 14.1 Å². The maximum atomic E-state index is 12.5. The van der Waals surface area contributed by atoms with Crippen LogP contribution in [0.3, 0.4) is 0 Å². The molecule has 0 spiro atoms. The Kier molecular flexibility index (Phi) is 5.30. The highest BCUT2D eigenvalue weighted by Crippen LogP contribution is 2.32. The van der Waals surface area contributed by atoms with Gasteiger partial charge in [0.05, 0.1) is 4.91 Å². The summed E-state index contributed by atoms with van der Waals surface area (Å²) < 4.78 is 5.34. The lowest BCUT2D eigenvalue weighted by Crippen LogP contribution is -2.31. The van der Waals surface area contributed by atoms with Gasteiger partial charge in [0.15, 0.2) is 5.82 Å². The predicted molar refractivity (Wildman–Crippen MR) is 101 cm³/mol. The molecule has 3 rings (SSSR count). The van der Waals surface area contributed by atoms with Crippen molar-refractivity contribution in [2.24, 2.45) is 0 Å². The second-order valence-electron chi connectivity index (χ2n) is 5.37. The molecular weight excluding hydrogens is 358 g/mol. The molecule has 8 heteroatoms. The van der Waals surface area contributed by atoms with E-state index in [1.807, 2.05) is 30.3 Å². The second kappa shape index (κ2) is 7.62. The minimum Gasteiger partial charge on any atom is -0.360 e. The number of rotatable bonds is 5. The summed E-state index contributed by atoms with van der Waals surface area (Å²) in [6, 6.07) is 11.2. The van der Waals surface area contributed by atoms with Gasteiger partial charge in [0, 0.05) is 19.0 Å². The Morgan fingerprint density at radius 1 is 1.40 bits per heavy atom. The monoisotopic (exact) mass is 373 g/mol. The van der Waals surface area contributed by atoms with Crippen LogP contribution in [-0.4, -0.2) is 32.7 Å². The van der Waals surface area contributed by atoms with Crippen molar-refractivity contribution >= 4 is 52.0 Å². The first-order valence-corrected chi connectivity index (χ1v) is 8.79. The van der Waals surface area contributed by atoms with E-state index in [2.05, 4.69) is 10.5 Å². The number of nitrogens with zero attached hydrogens (tertiary/aromatic N) is 2. The van der Waals surface area contributed by atoms with Crippen LogP contribution in [0.4, 0.5) is 5.82 Å². The van der Waals surface area contributed by atoms with Crippen LogP contribution in [0.1, 0.15) is 17.7 Å². The topological polar surface area (TPSA) is 75.4 Å². The van der Waals surface area contributed by atoms with Gasteiger partial charge in [0.2, 0.25) is 5.91 Å². The molecule has 0 atom stereocenters. The third-order valence-corrected chi connectivity index (χ3v) is 4.81. The standard InChI is InChI=1S/C17H15N3O3S2/c1-11-9-14(19-23-11)18-15(21)7-8-20-16(22)13(25-17(20)24)10-12-5-3-2-4-6-12/h2-6,9-10H,7-8H2,1H3,(H,18,19,21)/b13-10-. The average Bonchev–Trinajstić information content (AvgIpc) is 3.10. The minimum atomic E-state index is -0.255. The molecule has 2 heterocycles. The molecule has 2 amide bonds. The van der Waals surface area contributed by atoms with Gasteiger partial charge in [-0.05, 0) is 18.6 Å². The molecule has 1 aromatic heterocycles. The van der Waals surface area contributed by atoms with Crippen molar-refractivity contribution in [3.05, 3.63) is 52.6 Å². The van der Waals surface area contributed by atoms with E-state index >= 15 is 0 Å². The van der Waals surface area contributed by atoms with Crippen LogP contribution in [0.15, 0.2) is 45.8 Å². The molecule has 25 heavy (non-hydrogen) atoms. The summed E-state index contributed by atoms with van der Waals surface area (Å²) >= 11 is 6.51. The molecule has 1 aromatic carbocycles. The van der Waals surface area contributed by atoms with Crippen LogP contribution in [0.25, 0.3) is 6.08 Å². The summed E-state index contributed by atoms with van der Waals surface area (Å²) in [5.74, 6) is 0.536. The number of thioether (sulfide) groups is 1. The van der Waals surface area contributed by atoms with Crippen molar-refractivity contribution in [1.82, 2.24) is 10.1 Å². The number of carbonyl (C=O) groups excluding carboxylic acids is 2. The van der Waals surface area contributed by atoms with E-state index in [1.165, 1.54) is 16.7 Å². The molecule has 1 aliphatic heterocycles. The van der Waals surface area contributed by atoms with Crippen LogP contribution in [0.5, 0.6) is 0 Å². The summed E-state index contributed by atoms with van der Waals surface area (Å²) in [7, 11) is 0. The number of thiocarbonyl (C=S) groups is 1. The minimum absolute atomic E-state index is 0.122. The van der Waals surface area contributed by atoms with Gasteiger partial charge in [-0.15, -0.1) is 0 Å². The highest BCUT2D eigenvalue weighted by Gasteiger charge is 2.32. The van der Waals surface area contributed by atoms with E-state index in [0.29, 0.717) is 20.8 Å². The van der Waals surface area contributed by atoms with Crippen LogP contribution < -0.4 is 5.32 Å². The van der Waals surface area contributed by atoms with E-state index < -0.39 is 0 Å². The summed E-state index contributed by atoms with van der Waals surface area (Å²) in [5.41, 5.74) is 0.933. The molecule has 1 fully saturated rings. The number of carbonyl (C=O) groups is 2. The van der Waals surface area contributed by atoms with Gasteiger partial charge in [-0.2, -0.15) is 0 Å². The highest BCUT2D eigenvalue weighted by molar-refractivity contribution is 8.26. The number of hydrogen-bond acceptors (Lipinski definition) is 6. The van der Waals surface area contributed by atoms with Crippen LogP contribution in [0, 0.1) is 6.92 Å². The maximum Gasteiger partial charge on any atom is 0.266 e. The van der Waals surface area contributed by atoms with Crippen LogP contribution in [-0.2, 0) is 9.59 Å². The summed E-state index contributed by atoms with van der Waals surface area (Å²) in [4.78, 5) is 26.5. The average molecular weight is 373 g/mol. The quantitative estimate of drug-likeness (QED) is 0.641. The van der Waals surface area contributed by atoms with Crippen molar-refractivity contribution in [1.29, 1.82) is 0 Å². The molecule has 0 aliphatic carbocycles. The maximum absolute atomic E-state index is 12.5. The lowest BCUT2D eigenvalue weighted by molar-refractivity contribution is -0.122. The summed E-state index contributed by atoms with van der Waals surface area (Å²) in [5, 5.41) is 6.32. The normalized spacial score (nSPS) is 15.9. The molecule has 0 bridgehead atoms. The second-order valence-corrected chi connectivity index (χ2v) is 7.04. The summed E-state index contributed by atoms with van der Waals surface area (Å²) in [6.07, 6.45) is 1.93. The molecule has 128 valence electrons. The number of benzene rings is 1. The first-order valence-electron chi connectivity index (χ1n) is 7.56. The molecule has 0 saturated carbocycles. The number of aryl methyl sites for hydroxylation is 1. The highest BCUT2D eigenvalue weighted by atomic mass is 32.2. The largest absolute Gasteiger partial charge is 0.360 e. The predicted octanol–water partition coefficient (Wildman–Crippen LogP) is 3.21. The molecule has 0 radical (unpaired) electrons. The Morgan fingerprint density at radius 3 is 2.84 bits per heavy atom. The van der Waals surface area contributed by atoms with Crippen LogP contribution >= 0.6 is 24.0 Å². The van der Waals surface area contributed by atoms with Crippen molar-refractivity contribution in [3.63, 3.8) is 0 Å². The lowest BCUT2D eigenvalue weighted by Gasteiger charge is -2.13. The molecular formula is C17H15N3O3S2. The van der Waals surface area contributed by atoms with E-state index in [1.54, 1.807) is 19.1 Å². The zero-order valence-corrected chi connectivity index (χ0v) is 15.0. The van der Waals surface area contributed by atoms with Crippen LogP contribution in [0.2, 0.25) is 0 Å². The van der Waals surface area contributed by atoms with Crippen molar-refractivity contribution in [2.45, 2.75) is 13.3 Å². The van der Waals surface area contributed by atoms with Gasteiger partial charge in [-0.3, -0.25) is 14.5 Å². The lowest BCUT2D eigenvalue weighted by atomic mass is 10.2. The van der Waals surface area contributed by atoms with E-state index in [4.69, 9.17) is 16.7 Å². The molecule has 1 N–H and O–H groups in total. The van der Waals surface area contributed by atoms with Gasteiger partial charge >= 0.3 is 0 Å². The fourth-order valence-electron chi connectivity index (χ4n) is 2.24. The zero-order valence-electron chi connectivity index (χ0n) is 13.4. The fourth-order valence-corrected chi connectivity index (χ4v) is 3.55. The number of anilines is 1. The van der Waals surface area contributed by atoms with E-state index in [0.717, 1.165) is 5.56 Å². The third kappa shape index (κ3) is 4.34. The van der Waals surface area contributed by atoms with Crippen molar-refractivity contribution in [3.8, 4) is 0 Å². The number of aromatic nitrogens is 1. The van der Waals surface area contributed by atoms with E-state index in [-0.39, 0.29) is 24.8 Å². The number of hydrogen-bond donors (Lipinski definition) is 1. The Labute approximate surface area is 154 Å². The fraction of sp³-hybridized carbons (Fsp3) is 0.176.